The number of halogens is 4. The molecule has 216 valence electrons. The average molecular weight is 624 g/mol. The van der Waals surface area contributed by atoms with Crippen LogP contribution in [-0.2, 0) is 15.8 Å². The SMILES string of the molecule is O=C1C(=Cc2ccc(Oc3ccc(C(F)(F)F)cc3[N+](=O)[O-])c(Cl)c2)C(=O)N(c2ccccc2)C(=S)N1c1ccccc1. The molecule has 5 rings (SSSR count). The Hall–Kier alpha value is -5.07. The molecule has 0 aliphatic carbocycles. The number of nitrogens with zero attached hydrogens (tertiary/aromatic N) is 3. The number of hydrogen-bond acceptors (Lipinski definition) is 6. The van der Waals surface area contributed by atoms with E-state index in [1.807, 2.05) is 0 Å². The number of hydrogen-bond donors (Lipinski definition) is 0. The number of thiocarbonyl (C=S) groups is 1. The smallest absolute Gasteiger partial charge is 0.416 e. The van der Waals surface area contributed by atoms with E-state index in [-0.39, 0.29) is 21.5 Å². The first-order chi connectivity index (χ1) is 20.5. The van der Waals surface area contributed by atoms with Crippen LogP contribution in [0.5, 0.6) is 11.5 Å². The first-order valence-corrected chi connectivity index (χ1v) is 13.1. The van der Waals surface area contributed by atoms with Crippen LogP contribution in [-0.4, -0.2) is 21.9 Å². The van der Waals surface area contributed by atoms with E-state index in [0.29, 0.717) is 29.1 Å². The Morgan fingerprint density at radius 3 is 1.84 bits per heavy atom. The second kappa shape index (κ2) is 11.7. The molecule has 4 aromatic rings. The number of nitro groups is 1. The topological polar surface area (TPSA) is 93.0 Å². The first-order valence-electron chi connectivity index (χ1n) is 12.3. The lowest BCUT2D eigenvalue weighted by atomic mass is 10.0. The molecule has 1 aliphatic rings. The number of para-hydroxylation sites is 2. The van der Waals surface area contributed by atoms with Crippen molar-refractivity contribution in [2.24, 2.45) is 0 Å². The van der Waals surface area contributed by atoms with Crippen molar-refractivity contribution in [1.82, 2.24) is 0 Å². The fourth-order valence-electron chi connectivity index (χ4n) is 4.24. The van der Waals surface area contributed by atoms with Crippen LogP contribution in [0.4, 0.5) is 30.2 Å². The number of carbonyl (C=O) groups excluding carboxylic acids is 2. The molecule has 43 heavy (non-hydrogen) atoms. The van der Waals surface area contributed by atoms with Gasteiger partial charge in [-0.2, -0.15) is 13.2 Å². The molecular formula is C30H17ClF3N3O5S. The van der Waals surface area contributed by atoms with Gasteiger partial charge in [-0.25, -0.2) is 0 Å². The van der Waals surface area contributed by atoms with E-state index in [0.717, 1.165) is 6.07 Å². The number of alkyl halides is 3. The summed E-state index contributed by atoms with van der Waals surface area (Å²) >= 11 is 11.9. The molecule has 8 nitrogen and oxygen atoms in total. The standard InChI is InChI=1S/C30H17ClF3N3O5S/c31-23-16-18(11-13-25(23)42-26-14-12-19(30(32,33)34)17-24(26)37(40)41)15-22-27(38)35(20-7-3-1-4-8-20)29(43)36(28(22)39)21-9-5-2-6-10-21/h1-17H. The second-order valence-corrected chi connectivity index (χ2v) is 9.79. The van der Waals surface area contributed by atoms with E-state index >= 15 is 0 Å². The van der Waals surface area contributed by atoms with E-state index in [1.54, 1.807) is 60.7 Å². The lowest BCUT2D eigenvalue weighted by Crippen LogP contribution is -2.56. The van der Waals surface area contributed by atoms with Gasteiger partial charge >= 0.3 is 11.9 Å². The molecule has 2 amide bonds. The number of anilines is 2. The van der Waals surface area contributed by atoms with E-state index in [1.165, 1.54) is 34.1 Å². The minimum atomic E-state index is -4.79. The quantitative estimate of drug-likeness (QED) is 0.0715. The Balaban J connectivity index is 1.51. The molecule has 1 aliphatic heterocycles. The van der Waals surface area contributed by atoms with Gasteiger partial charge in [0.25, 0.3) is 11.8 Å². The van der Waals surface area contributed by atoms with Gasteiger partial charge < -0.3 is 4.74 Å². The lowest BCUT2D eigenvalue weighted by Gasteiger charge is -2.36. The number of rotatable bonds is 6. The third-order valence-electron chi connectivity index (χ3n) is 6.25. The predicted molar refractivity (Wildman–Crippen MR) is 158 cm³/mol. The molecular weight excluding hydrogens is 607 g/mol. The number of carbonyl (C=O) groups is 2. The highest BCUT2D eigenvalue weighted by molar-refractivity contribution is 7.81. The van der Waals surface area contributed by atoms with Crippen LogP contribution in [0.3, 0.4) is 0 Å². The molecule has 1 saturated heterocycles. The van der Waals surface area contributed by atoms with Gasteiger partial charge in [0.15, 0.2) is 5.11 Å². The van der Waals surface area contributed by atoms with Gasteiger partial charge in [-0.15, -0.1) is 0 Å². The predicted octanol–water partition coefficient (Wildman–Crippen LogP) is 7.81. The molecule has 0 unspecified atom stereocenters. The molecule has 1 fully saturated rings. The number of benzene rings is 4. The van der Waals surface area contributed by atoms with Crippen LogP contribution in [0.1, 0.15) is 11.1 Å². The van der Waals surface area contributed by atoms with E-state index in [4.69, 9.17) is 28.6 Å². The zero-order chi connectivity index (χ0) is 30.9. The fraction of sp³-hybridized carbons (Fsp3) is 0.0333. The maximum Gasteiger partial charge on any atom is 0.416 e. The van der Waals surface area contributed by atoms with E-state index < -0.39 is 39.9 Å². The Morgan fingerprint density at radius 2 is 1.35 bits per heavy atom. The third kappa shape index (κ3) is 5.96. The summed E-state index contributed by atoms with van der Waals surface area (Å²) in [7, 11) is 0. The first kappa shape index (κ1) is 29.4. The maximum atomic E-state index is 13.6. The van der Waals surface area contributed by atoms with Crippen LogP contribution in [0.15, 0.2) is 103 Å². The molecule has 0 spiro atoms. The van der Waals surface area contributed by atoms with Crippen molar-refractivity contribution in [2.75, 3.05) is 9.80 Å². The van der Waals surface area contributed by atoms with Gasteiger partial charge in [0.2, 0.25) is 5.75 Å². The number of ether oxygens (including phenoxy) is 1. The Bertz CT molecular complexity index is 1740. The average Bonchev–Trinajstić information content (AvgIpc) is 2.97. The van der Waals surface area contributed by atoms with Crippen molar-refractivity contribution in [3.63, 3.8) is 0 Å². The summed E-state index contributed by atoms with van der Waals surface area (Å²) in [5.41, 5.74) is -1.17. The van der Waals surface area contributed by atoms with Crippen LogP contribution in [0, 0.1) is 10.1 Å². The summed E-state index contributed by atoms with van der Waals surface area (Å²) in [4.78, 5) is 40.2. The van der Waals surface area contributed by atoms with Crippen molar-refractivity contribution in [1.29, 1.82) is 0 Å². The van der Waals surface area contributed by atoms with Crippen LogP contribution in [0.2, 0.25) is 5.02 Å². The summed E-state index contributed by atoms with van der Waals surface area (Å²) in [6.07, 6.45) is -3.48. The van der Waals surface area contributed by atoms with Crippen LogP contribution in [0.25, 0.3) is 6.08 Å². The van der Waals surface area contributed by atoms with Crippen molar-refractivity contribution < 1.29 is 32.4 Å². The highest BCUT2D eigenvalue weighted by atomic mass is 35.5. The summed E-state index contributed by atoms with van der Waals surface area (Å²) in [5.74, 6) is -1.92. The summed E-state index contributed by atoms with van der Waals surface area (Å²) in [5, 5.41) is 11.3. The highest BCUT2D eigenvalue weighted by Gasteiger charge is 2.41. The Morgan fingerprint density at radius 1 is 0.814 bits per heavy atom. The maximum absolute atomic E-state index is 13.6. The summed E-state index contributed by atoms with van der Waals surface area (Å²) < 4.78 is 44.7. The van der Waals surface area contributed by atoms with Crippen LogP contribution < -0.4 is 14.5 Å². The Labute approximate surface area is 252 Å². The molecule has 0 atom stereocenters. The highest BCUT2D eigenvalue weighted by Crippen LogP contribution is 2.40. The fourth-order valence-corrected chi connectivity index (χ4v) is 4.84. The van der Waals surface area contributed by atoms with E-state index in [9.17, 15) is 32.9 Å². The monoisotopic (exact) mass is 623 g/mol. The zero-order valence-corrected chi connectivity index (χ0v) is 23.2. The minimum absolute atomic E-state index is 0.0375. The van der Waals surface area contributed by atoms with Gasteiger partial charge in [0.1, 0.15) is 11.3 Å². The van der Waals surface area contributed by atoms with Crippen molar-refractivity contribution in [2.45, 2.75) is 6.18 Å². The number of nitro benzene ring substituents is 1. The van der Waals surface area contributed by atoms with E-state index in [2.05, 4.69) is 0 Å². The molecule has 0 bridgehead atoms. The minimum Gasteiger partial charge on any atom is -0.449 e. The van der Waals surface area contributed by atoms with Gasteiger partial charge in [-0.05, 0) is 72.4 Å². The van der Waals surface area contributed by atoms with Crippen molar-refractivity contribution >= 4 is 63.9 Å². The molecule has 0 N–H and O–H groups in total. The molecule has 0 saturated carbocycles. The molecule has 4 aromatic carbocycles. The zero-order valence-electron chi connectivity index (χ0n) is 21.6. The van der Waals surface area contributed by atoms with Gasteiger partial charge in [-0.1, -0.05) is 54.1 Å². The molecule has 13 heteroatoms. The van der Waals surface area contributed by atoms with Gasteiger partial charge in [0, 0.05) is 6.07 Å². The molecule has 0 radical (unpaired) electrons. The normalized spacial score (nSPS) is 13.8. The van der Waals surface area contributed by atoms with Crippen molar-refractivity contribution in [3.8, 4) is 11.5 Å². The third-order valence-corrected chi connectivity index (χ3v) is 6.91. The van der Waals surface area contributed by atoms with Crippen molar-refractivity contribution in [3.05, 3.63) is 129 Å². The van der Waals surface area contributed by atoms with Gasteiger partial charge in [0.05, 0.1) is 26.9 Å². The van der Waals surface area contributed by atoms with Crippen LogP contribution >= 0.6 is 23.8 Å². The molecule has 0 aromatic heterocycles. The summed E-state index contributed by atoms with van der Waals surface area (Å²) in [6.45, 7) is 0. The summed E-state index contributed by atoms with van der Waals surface area (Å²) in [6, 6.07) is 23.0. The molecule has 1 heterocycles. The lowest BCUT2D eigenvalue weighted by molar-refractivity contribution is -0.385. The Kier molecular flexibility index (Phi) is 7.98. The van der Waals surface area contributed by atoms with Gasteiger partial charge in [-0.3, -0.25) is 29.5 Å². The second-order valence-electron chi connectivity index (χ2n) is 9.02. The largest absolute Gasteiger partial charge is 0.449 e. The number of amides is 2.